The second-order valence-corrected chi connectivity index (χ2v) is 3.87. The molecule has 0 rings (SSSR count). The fraction of sp³-hybridized carbons (Fsp3) is 1.00. The average Bonchev–Trinajstić information content (AvgIpc) is 2.24. The summed E-state index contributed by atoms with van der Waals surface area (Å²) in [4.78, 5) is 0. The minimum Gasteiger partial charge on any atom is -0.241 e. The largest absolute Gasteiger partial charge is 0.374 e. The first-order valence-electron chi connectivity index (χ1n) is 5.32. The third-order valence-electron chi connectivity index (χ3n) is 2.53. The Kier molecular flexibility index (Phi) is 5.28. The van der Waals surface area contributed by atoms with Gasteiger partial charge in [0.2, 0.25) is 0 Å². The van der Waals surface area contributed by atoms with Gasteiger partial charge in [0.05, 0.1) is 0 Å². The summed E-state index contributed by atoms with van der Waals surface area (Å²) in [6.07, 6.45) is -5.36. The molecular weight excluding hydrogens is 253 g/mol. The summed E-state index contributed by atoms with van der Waals surface area (Å²) in [5.74, 6) is -16.0. The van der Waals surface area contributed by atoms with Gasteiger partial charge in [0.15, 0.2) is 6.17 Å². The van der Waals surface area contributed by atoms with Crippen LogP contribution in [0.5, 0.6) is 0 Å². The van der Waals surface area contributed by atoms with Crippen molar-refractivity contribution in [1.82, 2.24) is 0 Å². The van der Waals surface area contributed by atoms with Gasteiger partial charge in [0, 0.05) is 6.42 Å². The summed E-state index contributed by atoms with van der Waals surface area (Å²) in [6.45, 7) is 2.19. The Hall–Kier alpha value is -0.490. The van der Waals surface area contributed by atoms with Crippen LogP contribution in [0.25, 0.3) is 0 Å². The van der Waals surface area contributed by atoms with Crippen molar-refractivity contribution in [2.24, 2.45) is 0 Å². The van der Waals surface area contributed by atoms with Gasteiger partial charge in [-0.15, -0.1) is 0 Å². The minimum atomic E-state index is -5.68. The number of alkyl halides is 7. The van der Waals surface area contributed by atoms with Crippen LogP contribution in [-0.4, -0.2) is 23.9 Å². The van der Waals surface area contributed by atoms with Gasteiger partial charge >= 0.3 is 17.8 Å². The molecule has 0 bridgehead atoms. The highest BCUT2D eigenvalue weighted by Gasteiger charge is 2.73. The third kappa shape index (κ3) is 3.04. The predicted octanol–water partition coefficient (Wildman–Crippen LogP) is 4.83. The van der Waals surface area contributed by atoms with E-state index in [9.17, 15) is 30.7 Å². The van der Waals surface area contributed by atoms with E-state index in [4.69, 9.17) is 0 Å². The van der Waals surface area contributed by atoms with Gasteiger partial charge in [0.1, 0.15) is 0 Å². The van der Waals surface area contributed by atoms with Crippen LogP contribution in [0.4, 0.5) is 30.7 Å². The molecule has 0 nitrogen and oxygen atoms in total. The molecule has 1 atom stereocenters. The van der Waals surface area contributed by atoms with Gasteiger partial charge in [-0.2, -0.15) is 26.3 Å². The predicted molar refractivity (Wildman–Crippen MR) is 49.6 cm³/mol. The smallest absolute Gasteiger partial charge is 0.241 e. The first-order chi connectivity index (χ1) is 7.54. The molecule has 0 saturated carbocycles. The summed E-state index contributed by atoms with van der Waals surface area (Å²) < 4.78 is 90.2. The Labute approximate surface area is 95.2 Å². The van der Waals surface area contributed by atoms with E-state index in [2.05, 4.69) is 0 Å². The van der Waals surface area contributed by atoms with Crippen molar-refractivity contribution < 1.29 is 30.7 Å². The average molecular weight is 268 g/mol. The highest BCUT2D eigenvalue weighted by Crippen LogP contribution is 2.50. The number of hydrogen-bond acceptors (Lipinski definition) is 0. The molecule has 0 N–H and O–H groups in total. The zero-order valence-corrected chi connectivity index (χ0v) is 9.55. The Balaban J connectivity index is 5.01. The Bertz CT molecular complexity index is 237. The molecule has 0 spiro atoms. The van der Waals surface area contributed by atoms with E-state index >= 15 is 0 Å². The molecule has 0 radical (unpaired) electrons. The van der Waals surface area contributed by atoms with Gasteiger partial charge in [-0.3, -0.25) is 0 Å². The van der Waals surface area contributed by atoms with Crippen LogP contribution in [-0.2, 0) is 0 Å². The Morgan fingerprint density at radius 2 is 1.41 bits per heavy atom. The molecule has 0 heterocycles. The molecule has 1 unspecified atom stereocenters. The number of halogens is 7. The molecule has 0 saturated heterocycles. The van der Waals surface area contributed by atoms with Crippen molar-refractivity contribution in [2.45, 2.75) is 63.5 Å². The summed E-state index contributed by atoms with van der Waals surface area (Å²) in [6, 6.07) is 0. The van der Waals surface area contributed by atoms with Gasteiger partial charge in [-0.1, -0.05) is 26.7 Å². The van der Waals surface area contributed by atoms with Crippen LogP contribution in [0.1, 0.15) is 39.5 Å². The van der Waals surface area contributed by atoms with Crippen molar-refractivity contribution in [3.05, 3.63) is 0 Å². The summed E-state index contributed by atoms with van der Waals surface area (Å²) in [5, 5.41) is 0. The van der Waals surface area contributed by atoms with Crippen LogP contribution in [0.15, 0.2) is 0 Å². The highest BCUT2D eigenvalue weighted by molar-refractivity contribution is 4.99. The standard InChI is InChI=1S/C10H15F7/c1-3-5-6-7(11)9(14,15)10(16,17)8(12,13)4-2/h7H,3-6H2,1-2H3. The quantitative estimate of drug-likeness (QED) is 0.580. The molecule has 0 aliphatic heterocycles. The zero-order valence-electron chi connectivity index (χ0n) is 9.55. The second kappa shape index (κ2) is 5.44. The third-order valence-corrected chi connectivity index (χ3v) is 2.53. The fourth-order valence-corrected chi connectivity index (χ4v) is 1.23. The van der Waals surface area contributed by atoms with Crippen LogP contribution < -0.4 is 0 Å². The van der Waals surface area contributed by atoms with Gasteiger partial charge < -0.3 is 0 Å². The maximum absolute atomic E-state index is 13.0. The number of hydrogen-bond donors (Lipinski definition) is 0. The topological polar surface area (TPSA) is 0 Å². The molecule has 0 aliphatic carbocycles. The first-order valence-corrected chi connectivity index (χ1v) is 5.32. The molecule has 0 amide bonds. The van der Waals surface area contributed by atoms with Crippen molar-refractivity contribution in [2.75, 3.05) is 0 Å². The van der Waals surface area contributed by atoms with Crippen LogP contribution >= 0.6 is 0 Å². The summed E-state index contributed by atoms with van der Waals surface area (Å²) in [7, 11) is 0. The summed E-state index contributed by atoms with van der Waals surface area (Å²) in [5.41, 5.74) is 0. The van der Waals surface area contributed by atoms with Crippen molar-refractivity contribution in [3.63, 3.8) is 0 Å². The van der Waals surface area contributed by atoms with Gasteiger partial charge in [0.25, 0.3) is 0 Å². The maximum Gasteiger partial charge on any atom is 0.374 e. The molecule has 7 heteroatoms. The molecule has 0 aromatic carbocycles. The fourth-order valence-electron chi connectivity index (χ4n) is 1.23. The van der Waals surface area contributed by atoms with Gasteiger partial charge in [-0.05, 0) is 6.42 Å². The van der Waals surface area contributed by atoms with E-state index in [0.717, 1.165) is 0 Å². The van der Waals surface area contributed by atoms with E-state index in [1.54, 1.807) is 6.92 Å². The lowest BCUT2D eigenvalue weighted by Crippen LogP contribution is -2.58. The molecule has 0 aromatic heterocycles. The van der Waals surface area contributed by atoms with Crippen molar-refractivity contribution >= 4 is 0 Å². The minimum absolute atomic E-state index is 0.0649. The first kappa shape index (κ1) is 16.5. The van der Waals surface area contributed by atoms with Crippen LogP contribution in [0.3, 0.4) is 0 Å². The SMILES string of the molecule is CCCCC(F)C(F)(F)C(F)(F)C(F)(F)CC. The molecular formula is C10H15F7. The number of rotatable bonds is 7. The molecule has 0 aliphatic rings. The van der Waals surface area contributed by atoms with Crippen LogP contribution in [0.2, 0.25) is 0 Å². The van der Waals surface area contributed by atoms with E-state index in [1.807, 2.05) is 0 Å². The summed E-state index contributed by atoms with van der Waals surface area (Å²) >= 11 is 0. The highest BCUT2D eigenvalue weighted by atomic mass is 19.3. The van der Waals surface area contributed by atoms with Crippen LogP contribution in [0, 0.1) is 0 Å². The molecule has 0 aromatic rings. The number of unbranched alkanes of at least 4 members (excludes halogenated alkanes) is 1. The molecule has 104 valence electrons. The molecule has 17 heavy (non-hydrogen) atoms. The Morgan fingerprint density at radius 1 is 0.941 bits per heavy atom. The van der Waals surface area contributed by atoms with E-state index in [1.165, 1.54) is 0 Å². The maximum atomic E-state index is 13.0. The lowest BCUT2D eigenvalue weighted by molar-refractivity contribution is -0.325. The second-order valence-electron chi connectivity index (χ2n) is 3.87. The van der Waals surface area contributed by atoms with Gasteiger partial charge in [-0.25, -0.2) is 4.39 Å². The van der Waals surface area contributed by atoms with E-state index in [-0.39, 0.29) is 6.42 Å². The lowest BCUT2D eigenvalue weighted by atomic mass is 9.96. The zero-order chi connectivity index (χ0) is 13.9. The molecule has 0 fully saturated rings. The van der Waals surface area contributed by atoms with Crippen molar-refractivity contribution in [1.29, 1.82) is 0 Å². The normalized spacial score (nSPS) is 16.1. The van der Waals surface area contributed by atoms with E-state index < -0.39 is 36.8 Å². The van der Waals surface area contributed by atoms with E-state index in [0.29, 0.717) is 13.3 Å². The Morgan fingerprint density at radius 3 is 1.76 bits per heavy atom. The lowest BCUT2D eigenvalue weighted by Gasteiger charge is -2.34. The van der Waals surface area contributed by atoms with Crippen molar-refractivity contribution in [3.8, 4) is 0 Å². The monoisotopic (exact) mass is 268 g/mol.